The second-order valence-corrected chi connectivity index (χ2v) is 5.82. The molecule has 0 saturated carbocycles. The summed E-state index contributed by atoms with van der Waals surface area (Å²) in [5.74, 6) is 3.77. The summed E-state index contributed by atoms with van der Waals surface area (Å²) in [6.45, 7) is 13.1. The molecule has 0 spiro atoms. The van der Waals surface area contributed by atoms with Gasteiger partial charge in [0.25, 0.3) is 0 Å². The molecule has 4 nitrogen and oxygen atoms in total. The average molecular weight is 278 g/mol. The molecule has 1 rings (SSSR count). The highest BCUT2D eigenvalue weighted by molar-refractivity contribution is 5.57. The van der Waals surface area contributed by atoms with E-state index in [0.29, 0.717) is 17.9 Å². The Morgan fingerprint density at radius 2 is 1.55 bits per heavy atom. The average Bonchev–Trinajstić information content (AvgIpc) is 2.42. The lowest BCUT2D eigenvalue weighted by atomic mass is 9.95. The summed E-state index contributed by atoms with van der Waals surface area (Å²) in [6, 6.07) is 0.420. The molecule has 114 valence electrons. The number of anilines is 2. The highest BCUT2D eigenvalue weighted by Crippen LogP contribution is 2.25. The van der Waals surface area contributed by atoms with Crippen LogP contribution in [0.15, 0.2) is 0 Å². The number of rotatable bonds is 7. The van der Waals surface area contributed by atoms with Crippen molar-refractivity contribution < 1.29 is 0 Å². The van der Waals surface area contributed by atoms with Crippen LogP contribution in [0, 0.1) is 12.8 Å². The van der Waals surface area contributed by atoms with E-state index in [9.17, 15) is 0 Å². The smallest absolute Gasteiger partial charge is 0.135 e. The van der Waals surface area contributed by atoms with Crippen LogP contribution in [-0.4, -0.2) is 23.1 Å². The molecule has 1 heterocycles. The lowest BCUT2D eigenvalue weighted by molar-refractivity contribution is 0.436. The van der Waals surface area contributed by atoms with E-state index in [1.807, 2.05) is 7.05 Å². The zero-order valence-electron chi connectivity index (χ0n) is 14.0. The van der Waals surface area contributed by atoms with Gasteiger partial charge in [0.05, 0.1) is 0 Å². The van der Waals surface area contributed by atoms with Gasteiger partial charge in [0, 0.05) is 24.6 Å². The normalized spacial score (nSPS) is 12.8. The minimum absolute atomic E-state index is 0.326. The van der Waals surface area contributed by atoms with Crippen LogP contribution in [0.4, 0.5) is 11.6 Å². The molecule has 1 unspecified atom stereocenters. The van der Waals surface area contributed by atoms with E-state index in [1.165, 1.54) is 12.8 Å². The largest absolute Gasteiger partial charge is 0.373 e. The van der Waals surface area contributed by atoms with E-state index in [1.54, 1.807) is 0 Å². The maximum Gasteiger partial charge on any atom is 0.135 e. The third kappa shape index (κ3) is 3.84. The van der Waals surface area contributed by atoms with Gasteiger partial charge in [0.2, 0.25) is 0 Å². The Morgan fingerprint density at radius 1 is 1.00 bits per heavy atom. The monoisotopic (exact) mass is 278 g/mol. The summed E-state index contributed by atoms with van der Waals surface area (Å²) < 4.78 is 0. The van der Waals surface area contributed by atoms with E-state index in [2.05, 4.69) is 57.2 Å². The van der Waals surface area contributed by atoms with Crippen molar-refractivity contribution in [3.63, 3.8) is 0 Å². The first kappa shape index (κ1) is 16.7. The quantitative estimate of drug-likeness (QED) is 0.785. The Balaban J connectivity index is 3.07. The van der Waals surface area contributed by atoms with Gasteiger partial charge < -0.3 is 10.6 Å². The zero-order chi connectivity index (χ0) is 15.3. The molecule has 1 atom stereocenters. The molecule has 0 aliphatic heterocycles. The Bertz CT molecular complexity index is 425. The standard InChI is InChI=1S/C16H30N4/c1-8-13(9-2)12(6)18-16-11(5)15(17-7)19-14(20-16)10(3)4/h10,12-13H,8-9H2,1-7H3,(H2,17,18,19,20). The Kier molecular flexibility index (Phi) is 6.24. The van der Waals surface area contributed by atoms with Gasteiger partial charge in [-0.25, -0.2) is 9.97 Å². The fourth-order valence-corrected chi connectivity index (χ4v) is 2.51. The Labute approximate surface area is 123 Å². The summed E-state index contributed by atoms with van der Waals surface area (Å²) in [7, 11) is 1.91. The predicted octanol–water partition coefficient (Wildman–Crippen LogP) is 4.19. The second-order valence-electron chi connectivity index (χ2n) is 5.82. The fraction of sp³-hybridized carbons (Fsp3) is 0.750. The van der Waals surface area contributed by atoms with E-state index in [4.69, 9.17) is 4.98 Å². The molecule has 0 amide bonds. The maximum absolute atomic E-state index is 4.71. The van der Waals surface area contributed by atoms with Gasteiger partial charge in [0.15, 0.2) is 0 Å². The molecular formula is C16H30N4. The van der Waals surface area contributed by atoms with Crippen molar-refractivity contribution >= 4 is 11.6 Å². The Morgan fingerprint density at radius 3 is 2.00 bits per heavy atom. The summed E-state index contributed by atoms with van der Waals surface area (Å²) in [4.78, 5) is 9.29. The molecule has 4 heteroatoms. The number of aromatic nitrogens is 2. The third-order valence-corrected chi connectivity index (χ3v) is 4.04. The van der Waals surface area contributed by atoms with Crippen LogP contribution >= 0.6 is 0 Å². The van der Waals surface area contributed by atoms with Crippen molar-refractivity contribution in [1.29, 1.82) is 0 Å². The van der Waals surface area contributed by atoms with Gasteiger partial charge in [0.1, 0.15) is 17.5 Å². The molecule has 0 fully saturated rings. The number of hydrogen-bond acceptors (Lipinski definition) is 4. The van der Waals surface area contributed by atoms with Gasteiger partial charge in [-0.1, -0.05) is 40.5 Å². The SMILES string of the molecule is CCC(CC)C(C)Nc1nc(C(C)C)nc(NC)c1C. The number of nitrogens with zero attached hydrogens (tertiary/aromatic N) is 2. The summed E-state index contributed by atoms with van der Waals surface area (Å²) in [6.07, 6.45) is 2.37. The predicted molar refractivity (Wildman–Crippen MR) is 87.6 cm³/mol. The number of hydrogen-bond donors (Lipinski definition) is 2. The van der Waals surface area contributed by atoms with Gasteiger partial charge in [-0.15, -0.1) is 0 Å². The van der Waals surface area contributed by atoms with Crippen LogP contribution in [0.25, 0.3) is 0 Å². The van der Waals surface area contributed by atoms with Gasteiger partial charge in [-0.2, -0.15) is 0 Å². The molecular weight excluding hydrogens is 248 g/mol. The van der Waals surface area contributed by atoms with Crippen LogP contribution in [0.3, 0.4) is 0 Å². The topological polar surface area (TPSA) is 49.8 Å². The highest BCUT2D eigenvalue weighted by Gasteiger charge is 2.17. The molecule has 20 heavy (non-hydrogen) atoms. The van der Waals surface area contributed by atoms with Crippen LogP contribution < -0.4 is 10.6 Å². The van der Waals surface area contributed by atoms with E-state index < -0.39 is 0 Å². The molecule has 2 N–H and O–H groups in total. The van der Waals surface area contributed by atoms with Crippen LogP contribution in [0.5, 0.6) is 0 Å². The summed E-state index contributed by atoms with van der Waals surface area (Å²) in [5.41, 5.74) is 1.09. The molecule has 0 aliphatic rings. The first-order chi connectivity index (χ1) is 9.44. The van der Waals surface area contributed by atoms with Crippen LogP contribution in [-0.2, 0) is 0 Å². The lowest BCUT2D eigenvalue weighted by Gasteiger charge is -2.25. The lowest BCUT2D eigenvalue weighted by Crippen LogP contribution is -2.26. The van der Waals surface area contributed by atoms with E-state index in [-0.39, 0.29) is 0 Å². The first-order valence-electron chi connectivity index (χ1n) is 7.77. The summed E-state index contributed by atoms with van der Waals surface area (Å²) >= 11 is 0. The van der Waals surface area contributed by atoms with Gasteiger partial charge >= 0.3 is 0 Å². The van der Waals surface area contributed by atoms with Crippen LogP contribution in [0.2, 0.25) is 0 Å². The Hall–Kier alpha value is -1.32. The summed E-state index contributed by atoms with van der Waals surface area (Å²) in [5, 5.41) is 6.76. The first-order valence-corrected chi connectivity index (χ1v) is 7.77. The van der Waals surface area contributed by atoms with Gasteiger partial charge in [-0.3, -0.25) is 0 Å². The van der Waals surface area contributed by atoms with Crippen LogP contribution in [0.1, 0.15) is 64.8 Å². The van der Waals surface area contributed by atoms with Crippen molar-refractivity contribution in [3.05, 3.63) is 11.4 Å². The van der Waals surface area contributed by atoms with E-state index in [0.717, 1.165) is 23.0 Å². The van der Waals surface area contributed by atoms with Crippen molar-refractivity contribution in [2.24, 2.45) is 5.92 Å². The zero-order valence-corrected chi connectivity index (χ0v) is 14.0. The van der Waals surface area contributed by atoms with Crippen molar-refractivity contribution in [2.75, 3.05) is 17.7 Å². The molecule has 0 bridgehead atoms. The second kappa shape index (κ2) is 7.46. The molecule has 0 saturated heterocycles. The minimum atomic E-state index is 0.326. The van der Waals surface area contributed by atoms with Crippen molar-refractivity contribution in [1.82, 2.24) is 9.97 Å². The van der Waals surface area contributed by atoms with Crippen molar-refractivity contribution in [3.8, 4) is 0 Å². The maximum atomic E-state index is 4.71. The highest BCUT2D eigenvalue weighted by atomic mass is 15.1. The molecule has 0 radical (unpaired) electrons. The molecule has 1 aromatic heterocycles. The minimum Gasteiger partial charge on any atom is -0.373 e. The third-order valence-electron chi connectivity index (χ3n) is 4.04. The molecule has 0 aromatic carbocycles. The number of nitrogens with one attached hydrogen (secondary N) is 2. The van der Waals surface area contributed by atoms with Crippen molar-refractivity contribution in [2.45, 2.75) is 66.3 Å². The molecule has 0 aliphatic carbocycles. The van der Waals surface area contributed by atoms with Gasteiger partial charge in [-0.05, 0) is 19.8 Å². The van der Waals surface area contributed by atoms with E-state index >= 15 is 0 Å². The fourth-order valence-electron chi connectivity index (χ4n) is 2.51. The molecule has 1 aromatic rings.